The molecule has 2 aromatic rings. The summed E-state index contributed by atoms with van der Waals surface area (Å²) in [6.07, 6.45) is -1.61. The molecule has 188 valence electrons. The molecule has 1 atom stereocenters. The average molecular weight is 497 g/mol. The molecule has 0 aliphatic carbocycles. The number of hydrogen-bond donors (Lipinski definition) is 2. The molecule has 36 heavy (non-hydrogen) atoms. The Balaban J connectivity index is 1.28. The van der Waals surface area contributed by atoms with Crippen LogP contribution in [-0.4, -0.2) is 57.7 Å². The van der Waals surface area contributed by atoms with Gasteiger partial charge in [-0.1, -0.05) is 30.3 Å². The standard InChI is InChI=1S/C26H25F2N3O5/c27-22(28)16-3-1-15(2-4-16)14-30-11-9-26(36,10-12-30)17-5-6-18-19(13-17)25(35)31(24(18)34)20-7-8-21(32)29-23(20)33/h1-6,13,20,22,36H,7-12,14H2,(H,29,32,33). The molecule has 0 saturated carbocycles. The zero-order chi connectivity index (χ0) is 25.6. The molecule has 3 heterocycles. The molecule has 3 aliphatic rings. The number of carbonyl (C=O) groups excluding carboxylic acids is 4. The lowest BCUT2D eigenvalue weighted by Gasteiger charge is -2.38. The number of fused-ring (bicyclic) bond motifs is 1. The second kappa shape index (κ2) is 9.18. The Morgan fingerprint density at radius 3 is 2.28 bits per heavy atom. The van der Waals surface area contributed by atoms with Crippen molar-refractivity contribution in [2.45, 2.75) is 50.3 Å². The molecule has 8 nitrogen and oxygen atoms in total. The molecule has 10 heteroatoms. The smallest absolute Gasteiger partial charge is 0.263 e. The van der Waals surface area contributed by atoms with E-state index in [-0.39, 0.29) is 29.5 Å². The Morgan fingerprint density at radius 2 is 1.64 bits per heavy atom. The lowest BCUT2D eigenvalue weighted by molar-refractivity contribution is -0.136. The SMILES string of the molecule is O=C1CCC(N2C(=O)c3ccc(C4(O)CCN(Cc5ccc(C(F)F)cc5)CC4)cc3C2=O)C(=O)N1. The second-order valence-corrected chi connectivity index (χ2v) is 9.56. The van der Waals surface area contributed by atoms with Crippen LogP contribution in [0.25, 0.3) is 0 Å². The monoisotopic (exact) mass is 497 g/mol. The minimum Gasteiger partial charge on any atom is -0.385 e. The van der Waals surface area contributed by atoms with E-state index < -0.39 is 41.7 Å². The van der Waals surface area contributed by atoms with Gasteiger partial charge in [0, 0.05) is 31.6 Å². The predicted octanol–water partition coefficient (Wildman–Crippen LogP) is 2.51. The van der Waals surface area contributed by atoms with E-state index in [1.807, 2.05) is 0 Å². The first-order valence-corrected chi connectivity index (χ1v) is 11.8. The number of carbonyl (C=O) groups is 4. The maximum atomic E-state index is 13.1. The van der Waals surface area contributed by atoms with Gasteiger partial charge in [-0.15, -0.1) is 0 Å². The first kappa shape index (κ1) is 24.2. The van der Waals surface area contributed by atoms with Crippen LogP contribution in [0.3, 0.4) is 0 Å². The number of imide groups is 2. The highest BCUT2D eigenvalue weighted by Gasteiger charge is 2.45. The summed E-state index contributed by atoms with van der Waals surface area (Å²) in [5.41, 5.74) is 0.510. The summed E-state index contributed by atoms with van der Waals surface area (Å²) in [4.78, 5) is 52.7. The zero-order valence-electron chi connectivity index (χ0n) is 19.4. The average Bonchev–Trinajstić information content (AvgIpc) is 3.10. The molecule has 2 saturated heterocycles. The van der Waals surface area contributed by atoms with Crippen LogP contribution < -0.4 is 5.32 Å². The summed E-state index contributed by atoms with van der Waals surface area (Å²) in [6.45, 7) is 1.68. The van der Waals surface area contributed by atoms with Crippen LogP contribution in [0.2, 0.25) is 0 Å². The number of hydrogen-bond acceptors (Lipinski definition) is 6. The van der Waals surface area contributed by atoms with Gasteiger partial charge in [-0.3, -0.25) is 34.3 Å². The maximum Gasteiger partial charge on any atom is 0.263 e. The quantitative estimate of drug-likeness (QED) is 0.615. The second-order valence-electron chi connectivity index (χ2n) is 9.56. The van der Waals surface area contributed by atoms with Crippen LogP contribution in [0.15, 0.2) is 42.5 Å². The van der Waals surface area contributed by atoms with Crippen molar-refractivity contribution in [2.75, 3.05) is 13.1 Å². The first-order valence-electron chi connectivity index (χ1n) is 11.8. The third-order valence-corrected chi connectivity index (χ3v) is 7.30. The van der Waals surface area contributed by atoms with Gasteiger partial charge in [-0.2, -0.15) is 0 Å². The number of benzene rings is 2. The highest BCUT2D eigenvalue weighted by molar-refractivity contribution is 6.23. The molecule has 0 spiro atoms. The molecule has 2 fully saturated rings. The summed E-state index contributed by atoms with van der Waals surface area (Å²) >= 11 is 0. The van der Waals surface area contributed by atoms with Gasteiger partial charge >= 0.3 is 0 Å². The fourth-order valence-electron chi connectivity index (χ4n) is 5.16. The number of aliphatic hydroxyl groups is 1. The molecule has 5 rings (SSSR count). The summed E-state index contributed by atoms with van der Waals surface area (Å²) < 4.78 is 25.5. The molecule has 3 aliphatic heterocycles. The predicted molar refractivity (Wildman–Crippen MR) is 123 cm³/mol. The molecule has 4 amide bonds. The van der Waals surface area contributed by atoms with E-state index in [1.165, 1.54) is 24.3 Å². The van der Waals surface area contributed by atoms with E-state index in [0.29, 0.717) is 38.0 Å². The Kier molecular flexibility index (Phi) is 6.17. The fourth-order valence-corrected chi connectivity index (χ4v) is 5.16. The summed E-state index contributed by atoms with van der Waals surface area (Å²) in [5, 5.41) is 13.5. The van der Waals surface area contributed by atoms with Crippen LogP contribution in [-0.2, 0) is 21.7 Å². The molecule has 2 aromatic carbocycles. The first-order chi connectivity index (χ1) is 17.2. The van der Waals surface area contributed by atoms with E-state index in [4.69, 9.17) is 0 Å². The summed E-state index contributed by atoms with van der Waals surface area (Å²) in [7, 11) is 0. The molecular weight excluding hydrogens is 472 g/mol. The van der Waals surface area contributed by atoms with Crippen molar-refractivity contribution in [3.63, 3.8) is 0 Å². The number of nitrogens with one attached hydrogen (secondary N) is 1. The lowest BCUT2D eigenvalue weighted by Crippen LogP contribution is -2.54. The fraction of sp³-hybridized carbons (Fsp3) is 0.385. The third-order valence-electron chi connectivity index (χ3n) is 7.30. The molecule has 0 bridgehead atoms. The van der Waals surface area contributed by atoms with Crippen molar-refractivity contribution < 1.29 is 33.1 Å². The van der Waals surface area contributed by atoms with Crippen molar-refractivity contribution in [2.24, 2.45) is 0 Å². The van der Waals surface area contributed by atoms with Gasteiger partial charge < -0.3 is 5.11 Å². The van der Waals surface area contributed by atoms with E-state index in [9.17, 15) is 33.1 Å². The lowest BCUT2D eigenvalue weighted by atomic mass is 9.83. The molecule has 0 aromatic heterocycles. The molecule has 1 unspecified atom stereocenters. The van der Waals surface area contributed by atoms with Crippen LogP contribution in [0.1, 0.15) is 69.5 Å². The van der Waals surface area contributed by atoms with Gasteiger partial charge in [-0.05, 0) is 42.5 Å². The molecule has 2 N–H and O–H groups in total. The maximum absolute atomic E-state index is 13.1. The molecular formula is C26H25F2N3O5. The molecule has 0 radical (unpaired) electrons. The van der Waals surface area contributed by atoms with Crippen molar-refractivity contribution in [1.82, 2.24) is 15.1 Å². The van der Waals surface area contributed by atoms with Crippen LogP contribution in [0, 0.1) is 0 Å². The topological polar surface area (TPSA) is 107 Å². The number of alkyl halides is 2. The van der Waals surface area contributed by atoms with Gasteiger partial charge in [0.1, 0.15) is 6.04 Å². The summed E-state index contributed by atoms with van der Waals surface area (Å²) in [6, 6.07) is 9.82. The number of likely N-dealkylation sites (tertiary alicyclic amines) is 1. The van der Waals surface area contributed by atoms with Gasteiger partial charge in [0.25, 0.3) is 18.2 Å². The van der Waals surface area contributed by atoms with Crippen LogP contribution in [0.4, 0.5) is 8.78 Å². The number of halogens is 2. The normalized spacial score (nSPS) is 22.2. The Hall–Kier alpha value is -3.50. The van der Waals surface area contributed by atoms with Gasteiger partial charge in [0.2, 0.25) is 11.8 Å². The van der Waals surface area contributed by atoms with Crippen molar-refractivity contribution in [1.29, 1.82) is 0 Å². The number of piperidine rings is 2. The minimum atomic E-state index is -2.50. The van der Waals surface area contributed by atoms with E-state index in [2.05, 4.69) is 10.2 Å². The van der Waals surface area contributed by atoms with Gasteiger partial charge in [0.15, 0.2) is 0 Å². The number of nitrogens with zero attached hydrogens (tertiary/aromatic N) is 2. The number of amides is 4. The highest BCUT2D eigenvalue weighted by Crippen LogP contribution is 2.37. The van der Waals surface area contributed by atoms with E-state index in [0.717, 1.165) is 10.5 Å². The van der Waals surface area contributed by atoms with E-state index >= 15 is 0 Å². The van der Waals surface area contributed by atoms with E-state index in [1.54, 1.807) is 18.2 Å². The highest BCUT2D eigenvalue weighted by atomic mass is 19.3. The van der Waals surface area contributed by atoms with Crippen molar-refractivity contribution in [3.05, 3.63) is 70.3 Å². The van der Waals surface area contributed by atoms with Gasteiger partial charge in [-0.25, -0.2) is 8.78 Å². The Morgan fingerprint density at radius 1 is 0.972 bits per heavy atom. The van der Waals surface area contributed by atoms with Crippen LogP contribution in [0.5, 0.6) is 0 Å². The zero-order valence-corrected chi connectivity index (χ0v) is 19.4. The minimum absolute atomic E-state index is 0.0208. The Labute approximate surface area is 205 Å². The number of rotatable bonds is 5. The van der Waals surface area contributed by atoms with Crippen molar-refractivity contribution >= 4 is 23.6 Å². The largest absolute Gasteiger partial charge is 0.385 e. The Bertz CT molecular complexity index is 1240. The van der Waals surface area contributed by atoms with Crippen LogP contribution >= 0.6 is 0 Å². The third kappa shape index (κ3) is 4.31. The summed E-state index contributed by atoms with van der Waals surface area (Å²) in [5.74, 6) is -2.31. The van der Waals surface area contributed by atoms with Crippen molar-refractivity contribution in [3.8, 4) is 0 Å². The van der Waals surface area contributed by atoms with Gasteiger partial charge in [0.05, 0.1) is 16.7 Å².